The average Bonchev–Trinajstić information content (AvgIpc) is 2.92. The maximum absolute atomic E-state index is 13.3. The van der Waals surface area contributed by atoms with Crippen LogP contribution in [0.3, 0.4) is 0 Å². The first-order valence-electron chi connectivity index (χ1n) is 10.3. The summed E-state index contributed by atoms with van der Waals surface area (Å²) in [7, 11) is 0. The molecular formula is C22H27N3O4. The number of fused-ring (bicyclic) bond motifs is 1. The lowest BCUT2D eigenvalue weighted by Crippen LogP contribution is -2.54. The fourth-order valence-corrected chi connectivity index (χ4v) is 4.72. The summed E-state index contributed by atoms with van der Waals surface area (Å²) < 4.78 is 0. The topological polar surface area (TPSA) is 86.8 Å². The van der Waals surface area contributed by atoms with Crippen LogP contribution in [-0.2, 0) is 9.59 Å². The predicted octanol–water partition coefficient (Wildman–Crippen LogP) is 2.07. The zero-order valence-corrected chi connectivity index (χ0v) is 17.2. The number of piperidine rings is 2. The molecule has 0 aromatic heterocycles. The van der Waals surface area contributed by atoms with Gasteiger partial charge in [0, 0.05) is 18.5 Å². The van der Waals surface area contributed by atoms with E-state index in [1.165, 1.54) is 0 Å². The highest BCUT2D eigenvalue weighted by Crippen LogP contribution is 2.37. The third-order valence-corrected chi connectivity index (χ3v) is 6.31. The van der Waals surface area contributed by atoms with Crippen LogP contribution in [0.5, 0.6) is 0 Å². The van der Waals surface area contributed by atoms with Gasteiger partial charge in [0.25, 0.3) is 11.8 Å². The molecule has 2 fully saturated rings. The fraction of sp³-hybridized carbons (Fsp3) is 0.545. The summed E-state index contributed by atoms with van der Waals surface area (Å²) in [6, 6.07) is 4.50. The van der Waals surface area contributed by atoms with Crippen molar-refractivity contribution in [3.63, 3.8) is 0 Å². The number of nitrogens with one attached hydrogen (secondary N) is 1. The highest BCUT2D eigenvalue weighted by Gasteiger charge is 2.46. The Hall–Kier alpha value is -2.54. The van der Waals surface area contributed by atoms with Crippen molar-refractivity contribution < 1.29 is 19.2 Å². The molecule has 3 aliphatic rings. The highest BCUT2D eigenvalue weighted by molar-refractivity contribution is 6.24. The van der Waals surface area contributed by atoms with Gasteiger partial charge in [-0.05, 0) is 64.1 Å². The van der Waals surface area contributed by atoms with Gasteiger partial charge in [-0.2, -0.15) is 0 Å². The van der Waals surface area contributed by atoms with Gasteiger partial charge in [0.2, 0.25) is 11.8 Å². The van der Waals surface area contributed by atoms with Gasteiger partial charge in [-0.15, -0.1) is 0 Å². The van der Waals surface area contributed by atoms with Gasteiger partial charge in [-0.25, -0.2) is 0 Å². The number of amides is 4. The summed E-state index contributed by atoms with van der Waals surface area (Å²) >= 11 is 0. The van der Waals surface area contributed by atoms with Gasteiger partial charge in [0.15, 0.2) is 0 Å². The molecule has 0 bridgehead atoms. The highest BCUT2D eigenvalue weighted by atomic mass is 16.2. The quantitative estimate of drug-likeness (QED) is 0.772. The van der Waals surface area contributed by atoms with E-state index in [2.05, 4.69) is 31.0 Å². The predicted molar refractivity (Wildman–Crippen MR) is 106 cm³/mol. The van der Waals surface area contributed by atoms with Crippen LogP contribution >= 0.6 is 0 Å². The number of nitrogens with zero attached hydrogens (tertiary/aromatic N) is 2. The monoisotopic (exact) mass is 397 g/mol. The van der Waals surface area contributed by atoms with Crippen molar-refractivity contribution in [2.45, 2.75) is 64.0 Å². The molecule has 1 aromatic carbocycles. The molecule has 0 aliphatic carbocycles. The second kappa shape index (κ2) is 7.06. The van der Waals surface area contributed by atoms with Crippen molar-refractivity contribution in [3.05, 3.63) is 34.9 Å². The Morgan fingerprint density at radius 1 is 1.03 bits per heavy atom. The molecule has 0 spiro atoms. The molecule has 2 atom stereocenters. The minimum absolute atomic E-state index is 0.0369. The Bertz CT molecular complexity index is 902. The van der Waals surface area contributed by atoms with Crippen molar-refractivity contribution in [2.75, 3.05) is 13.1 Å². The maximum atomic E-state index is 13.3. The molecule has 2 saturated heterocycles. The summed E-state index contributed by atoms with van der Waals surface area (Å²) in [4.78, 5) is 53.5. The molecule has 0 radical (unpaired) electrons. The minimum Gasteiger partial charge on any atom is -0.298 e. The van der Waals surface area contributed by atoms with Crippen LogP contribution in [0.4, 0.5) is 0 Å². The average molecular weight is 397 g/mol. The van der Waals surface area contributed by atoms with Gasteiger partial charge in [-0.3, -0.25) is 34.3 Å². The van der Waals surface area contributed by atoms with Crippen molar-refractivity contribution in [1.29, 1.82) is 0 Å². The van der Waals surface area contributed by atoms with Gasteiger partial charge < -0.3 is 0 Å². The number of benzene rings is 1. The number of hydrogen-bond donors (Lipinski definition) is 1. The molecule has 1 N–H and O–H groups in total. The summed E-state index contributed by atoms with van der Waals surface area (Å²) in [5.41, 5.74) is 1.73. The summed E-state index contributed by atoms with van der Waals surface area (Å²) in [6.45, 7) is 8.41. The molecule has 7 heteroatoms. The maximum Gasteiger partial charge on any atom is 0.262 e. The lowest BCUT2D eigenvalue weighted by molar-refractivity contribution is -0.136. The Labute approximate surface area is 170 Å². The van der Waals surface area contributed by atoms with E-state index in [0.29, 0.717) is 11.1 Å². The minimum atomic E-state index is -0.926. The van der Waals surface area contributed by atoms with E-state index in [9.17, 15) is 19.2 Å². The second-order valence-corrected chi connectivity index (χ2v) is 9.17. The van der Waals surface area contributed by atoms with Crippen LogP contribution in [0, 0.1) is 0 Å². The Morgan fingerprint density at radius 3 is 2.48 bits per heavy atom. The number of rotatable bonds is 2. The van der Waals surface area contributed by atoms with Gasteiger partial charge in [-0.1, -0.05) is 12.1 Å². The molecule has 7 nitrogen and oxygen atoms in total. The Balaban J connectivity index is 1.66. The normalized spacial score (nSPS) is 26.0. The Morgan fingerprint density at radius 2 is 1.79 bits per heavy atom. The van der Waals surface area contributed by atoms with Crippen LogP contribution in [0.1, 0.15) is 78.7 Å². The standard InChI is InChI=1S/C22H27N3O4/c1-22(2,3)24-11-5-6-13(12-24)14-7-4-8-15-18(14)21(29)25(20(15)28)16-9-10-17(26)23-19(16)27/h4,7-8,13,16H,5-6,9-12H2,1-3H3,(H,23,26,27). The largest absolute Gasteiger partial charge is 0.298 e. The molecule has 3 aliphatic heterocycles. The van der Waals surface area contributed by atoms with Crippen LogP contribution in [0.2, 0.25) is 0 Å². The second-order valence-electron chi connectivity index (χ2n) is 9.17. The Kier molecular flexibility index (Phi) is 4.81. The third kappa shape index (κ3) is 3.37. The molecule has 2 unspecified atom stereocenters. The molecule has 4 rings (SSSR count). The lowest BCUT2D eigenvalue weighted by atomic mass is 9.84. The number of carbonyl (C=O) groups excluding carboxylic acids is 4. The van der Waals surface area contributed by atoms with Crippen LogP contribution in [0.15, 0.2) is 18.2 Å². The van der Waals surface area contributed by atoms with E-state index in [0.717, 1.165) is 36.4 Å². The van der Waals surface area contributed by atoms with Crippen molar-refractivity contribution in [3.8, 4) is 0 Å². The molecule has 29 heavy (non-hydrogen) atoms. The number of hydrogen-bond acceptors (Lipinski definition) is 5. The first kappa shape index (κ1) is 19.8. The zero-order valence-electron chi connectivity index (χ0n) is 17.2. The molecule has 0 saturated carbocycles. The van der Waals surface area contributed by atoms with Crippen LogP contribution in [0.25, 0.3) is 0 Å². The lowest BCUT2D eigenvalue weighted by Gasteiger charge is -2.42. The summed E-state index contributed by atoms with van der Waals surface area (Å²) in [5.74, 6) is -1.63. The zero-order chi connectivity index (χ0) is 20.9. The van der Waals surface area contributed by atoms with Crippen molar-refractivity contribution in [2.24, 2.45) is 0 Å². The van der Waals surface area contributed by atoms with Gasteiger partial charge in [0.1, 0.15) is 6.04 Å². The van der Waals surface area contributed by atoms with Crippen LogP contribution in [-0.4, -0.2) is 58.1 Å². The van der Waals surface area contributed by atoms with Crippen molar-refractivity contribution in [1.82, 2.24) is 15.1 Å². The number of imide groups is 2. The van der Waals surface area contributed by atoms with E-state index in [1.807, 2.05) is 12.1 Å². The molecule has 1 aromatic rings. The first-order chi connectivity index (χ1) is 13.7. The summed E-state index contributed by atoms with van der Waals surface area (Å²) in [6.07, 6.45) is 2.29. The van der Waals surface area contributed by atoms with E-state index in [4.69, 9.17) is 0 Å². The van der Waals surface area contributed by atoms with E-state index in [1.54, 1.807) is 6.07 Å². The van der Waals surface area contributed by atoms with Crippen molar-refractivity contribution >= 4 is 23.6 Å². The number of likely N-dealkylation sites (tertiary alicyclic amines) is 1. The van der Waals surface area contributed by atoms with Gasteiger partial charge in [0.05, 0.1) is 11.1 Å². The fourth-order valence-electron chi connectivity index (χ4n) is 4.72. The molecule has 4 amide bonds. The SMILES string of the molecule is CC(C)(C)N1CCCC(c2cccc3c2C(=O)N(C2CCC(=O)NC2=O)C3=O)C1. The first-order valence-corrected chi connectivity index (χ1v) is 10.3. The summed E-state index contributed by atoms with van der Waals surface area (Å²) in [5, 5.41) is 2.24. The molecular weight excluding hydrogens is 370 g/mol. The molecule has 3 heterocycles. The smallest absolute Gasteiger partial charge is 0.262 e. The van der Waals surface area contributed by atoms with Crippen LogP contribution < -0.4 is 5.32 Å². The van der Waals surface area contributed by atoms with Gasteiger partial charge >= 0.3 is 0 Å². The van der Waals surface area contributed by atoms with E-state index in [-0.39, 0.29) is 30.2 Å². The molecule has 154 valence electrons. The van der Waals surface area contributed by atoms with E-state index >= 15 is 0 Å². The van der Waals surface area contributed by atoms with E-state index < -0.39 is 23.8 Å². The third-order valence-electron chi connectivity index (χ3n) is 6.31. The number of carbonyl (C=O) groups is 4.